The van der Waals surface area contributed by atoms with Gasteiger partial charge in [-0.05, 0) is 40.5 Å². The molecule has 0 bridgehead atoms. The fourth-order valence-corrected chi connectivity index (χ4v) is 2.04. The van der Waals surface area contributed by atoms with Crippen LogP contribution in [0.3, 0.4) is 0 Å². The molecule has 0 saturated heterocycles. The normalized spacial score (nSPS) is 9.89. The number of rotatable bonds is 4. The highest BCUT2D eigenvalue weighted by atomic mass is 79.9. The van der Waals surface area contributed by atoms with Crippen molar-refractivity contribution in [3.05, 3.63) is 27.2 Å². The molecule has 0 atom stereocenters. The number of urea groups is 1. The summed E-state index contributed by atoms with van der Waals surface area (Å²) >= 11 is 9.34. The van der Waals surface area contributed by atoms with Crippen LogP contribution in [0.2, 0.25) is 5.02 Å². The van der Waals surface area contributed by atoms with Crippen molar-refractivity contribution in [3.8, 4) is 0 Å². The number of anilines is 1. The smallest absolute Gasteiger partial charge is 0.319 e. The second kappa shape index (κ2) is 7.35. The van der Waals surface area contributed by atoms with Gasteiger partial charge < -0.3 is 16.0 Å². The maximum Gasteiger partial charge on any atom is 0.319 e. The predicted molar refractivity (Wildman–Crippen MR) is 79.6 cm³/mol. The average Bonchev–Trinajstić information content (AvgIpc) is 2.31. The second-order valence-electron chi connectivity index (χ2n) is 3.95. The minimum Gasteiger partial charge on any atom is -0.355 e. The number of hydrogen-bond donors (Lipinski definition) is 3. The molecule has 0 radical (unpaired) electrons. The standard InChI is InChI=1S/C12H15BrClN3O2/c1-7-5-9(13)11(6-10(7)14)17-12(19)16-4-3-15-8(2)18/h5-6H,3-4H2,1-2H3,(H,15,18)(H2,16,17,19). The summed E-state index contributed by atoms with van der Waals surface area (Å²) < 4.78 is 0.756. The van der Waals surface area contributed by atoms with Crippen LogP contribution in [-0.2, 0) is 4.79 Å². The first-order valence-corrected chi connectivity index (χ1v) is 6.82. The minimum atomic E-state index is -0.356. The van der Waals surface area contributed by atoms with Crippen molar-refractivity contribution in [2.75, 3.05) is 18.4 Å². The zero-order chi connectivity index (χ0) is 14.4. The van der Waals surface area contributed by atoms with Crippen molar-refractivity contribution in [2.24, 2.45) is 0 Å². The second-order valence-corrected chi connectivity index (χ2v) is 5.21. The van der Waals surface area contributed by atoms with Gasteiger partial charge in [0.1, 0.15) is 0 Å². The molecule has 0 aliphatic carbocycles. The molecule has 7 heteroatoms. The fraction of sp³-hybridized carbons (Fsp3) is 0.333. The van der Waals surface area contributed by atoms with Gasteiger partial charge in [-0.15, -0.1) is 0 Å². The van der Waals surface area contributed by atoms with Gasteiger partial charge in [-0.3, -0.25) is 4.79 Å². The topological polar surface area (TPSA) is 70.2 Å². The molecular formula is C12H15BrClN3O2. The Bertz CT molecular complexity index is 494. The van der Waals surface area contributed by atoms with Crippen LogP contribution in [0, 0.1) is 6.92 Å². The number of benzene rings is 1. The molecule has 3 amide bonds. The Morgan fingerprint density at radius 3 is 2.53 bits per heavy atom. The van der Waals surface area contributed by atoms with Gasteiger partial charge in [0.15, 0.2) is 0 Å². The lowest BCUT2D eigenvalue weighted by atomic mass is 10.2. The molecule has 0 aliphatic rings. The number of amides is 3. The number of hydrogen-bond acceptors (Lipinski definition) is 2. The highest BCUT2D eigenvalue weighted by molar-refractivity contribution is 9.10. The first-order valence-electron chi connectivity index (χ1n) is 5.65. The molecule has 0 heterocycles. The van der Waals surface area contributed by atoms with Crippen molar-refractivity contribution in [3.63, 3.8) is 0 Å². The molecule has 0 unspecified atom stereocenters. The zero-order valence-corrected chi connectivity index (χ0v) is 13.0. The van der Waals surface area contributed by atoms with Crippen LogP contribution >= 0.6 is 27.5 Å². The van der Waals surface area contributed by atoms with E-state index in [1.54, 1.807) is 6.07 Å². The van der Waals surface area contributed by atoms with Gasteiger partial charge in [-0.25, -0.2) is 4.79 Å². The molecule has 0 aliphatic heterocycles. The predicted octanol–water partition coefficient (Wildman–Crippen LogP) is 2.67. The number of halogens is 2. The maximum atomic E-state index is 11.6. The summed E-state index contributed by atoms with van der Waals surface area (Å²) in [7, 11) is 0. The first kappa shape index (κ1) is 15.8. The average molecular weight is 349 g/mol. The lowest BCUT2D eigenvalue weighted by Crippen LogP contribution is -2.36. The Balaban J connectivity index is 2.48. The first-order chi connectivity index (χ1) is 8.90. The minimum absolute atomic E-state index is 0.129. The van der Waals surface area contributed by atoms with Crippen molar-refractivity contribution >= 4 is 45.2 Å². The molecule has 104 valence electrons. The largest absolute Gasteiger partial charge is 0.355 e. The van der Waals surface area contributed by atoms with Crippen molar-refractivity contribution in [2.45, 2.75) is 13.8 Å². The molecule has 19 heavy (non-hydrogen) atoms. The SMILES string of the molecule is CC(=O)NCCNC(=O)Nc1cc(Cl)c(C)cc1Br. The molecule has 5 nitrogen and oxygen atoms in total. The van der Waals surface area contributed by atoms with E-state index >= 15 is 0 Å². The third-order valence-electron chi connectivity index (χ3n) is 2.28. The molecule has 3 N–H and O–H groups in total. The van der Waals surface area contributed by atoms with Crippen LogP contribution < -0.4 is 16.0 Å². The lowest BCUT2D eigenvalue weighted by Gasteiger charge is -2.11. The third-order valence-corrected chi connectivity index (χ3v) is 3.34. The fourth-order valence-electron chi connectivity index (χ4n) is 1.32. The van der Waals surface area contributed by atoms with E-state index in [4.69, 9.17) is 11.6 Å². The number of aryl methyl sites for hydroxylation is 1. The monoisotopic (exact) mass is 347 g/mol. The van der Waals surface area contributed by atoms with E-state index in [9.17, 15) is 9.59 Å². The molecule has 1 aromatic carbocycles. The summed E-state index contributed by atoms with van der Waals surface area (Å²) in [5.41, 5.74) is 1.51. The molecule has 0 fully saturated rings. The van der Waals surface area contributed by atoms with Crippen LogP contribution in [0.25, 0.3) is 0 Å². The van der Waals surface area contributed by atoms with Crippen molar-refractivity contribution in [1.82, 2.24) is 10.6 Å². The molecule has 1 rings (SSSR count). The van der Waals surface area contributed by atoms with E-state index < -0.39 is 0 Å². The van der Waals surface area contributed by atoms with E-state index in [1.807, 2.05) is 13.0 Å². The summed E-state index contributed by atoms with van der Waals surface area (Å²) in [5.74, 6) is -0.129. The summed E-state index contributed by atoms with van der Waals surface area (Å²) in [4.78, 5) is 22.2. The van der Waals surface area contributed by atoms with Gasteiger partial charge in [-0.2, -0.15) is 0 Å². The highest BCUT2D eigenvalue weighted by Crippen LogP contribution is 2.28. The summed E-state index contributed by atoms with van der Waals surface area (Å²) in [6.07, 6.45) is 0. The van der Waals surface area contributed by atoms with E-state index in [0.717, 1.165) is 10.0 Å². The van der Waals surface area contributed by atoms with Gasteiger partial charge in [-0.1, -0.05) is 11.6 Å². The van der Waals surface area contributed by atoms with Crippen LogP contribution in [0.15, 0.2) is 16.6 Å². The molecular weight excluding hydrogens is 334 g/mol. The van der Waals surface area contributed by atoms with Crippen LogP contribution in [0.4, 0.5) is 10.5 Å². The number of nitrogens with one attached hydrogen (secondary N) is 3. The molecule has 1 aromatic rings. The number of carbonyl (C=O) groups excluding carboxylic acids is 2. The third kappa shape index (κ3) is 5.48. The van der Waals surface area contributed by atoms with Gasteiger partial charge in [0, 0.05) is 29.5 Å². The Labute approximate surface area is 125 Å². The molecule has 0 aromatic heterocycles. The summed E-state index contributed by atoms with van der Waals surface area (Å²) in [6.45, 7) is 4.04. The molecule has 0 saturated carbocycles. The maximum absolute atomic E-state index is 11.6. The quantitative estimate of drug-likeness (QED) is 0.732. The van der Waals surface area contributed by atoms with Gasteiger partial charge in [0.25, 0.3) is 0 Å². The van der Waals surface area contributed by atoms with E-state index in [1.165, 1.54) is 6.92 Å². The van der Waals surface area contributed by atoms with Crippen LogP contribution in [-0.4, -0.2) is 25.0 Å². The zero-order valence-electron chi connectivity index (χ0n) is 10.6. The van der Waals surface area contributed by atoms with Gasteiger partial charge in [0.2, 0.25) is 5.91 Å². The highest BCUT2D eigenvalue weighted by Gasteiger charge is 2.07. The van der Waals surface area contributed by atoms with Crippen LogP contribution in [0.1, 0.15) is 12.5 Å². The Kier molecular flexibility index (Phi) is 6.11. The van der Waals surface area contributed by atoms with Crippen molar-refractivity contribution < 1.29 is 9.59 Å². The van der Waals surface area contributed by atoms with Crippen LogP contribution in [0.5, 0.6) is 0 Å². The molecule has 0 spiro atoms. The lowest BCUT2D eigenvalue weighted by molar-refractivity contribution is -0.118. The number of carbonyl (C=O) groups is 2. The van der Waals surface area contributed by atoms with Gasteiger partial charge >= 0.3 is 6.03 Å². The Morgan fingerprint density at radius 2 is 1.89 bits per heavy atom. The summed E-state index contributed by atoms with van der Waals surface area (Å²) in [5, 5.41) is 8.45. The summed E-state index contributed by atoms with van der Waals surface area (Å²) in [6, 6.07) is 3.15. The van der Waals surface area contributed by atoms with E-state index in [-0.39, 0.29) is 11.9 Å². The van der Waals surface area contributed by atoms with Crippen molar-refractivity contribution in [1.29, 1.82) is 0 Å². The Hall–Kier alpha value is -1.27. The van der Waals surface area contributed by atoms with Gasteiger partial charge in [0.05, 0.1) is 5.69 Å². The Morgan fingerprint density at radius 1 is 1.26 bits per heavy atom. The van der Waals surface area contributed by atoms with E-state index in [2.05, 4.69) is 31.9 Å². The van der Waals surface area contributed by atoms with E-state index in [0.29, 0.717) is 23.8 Å².